The van der Waals surface area contributed by atoms with E-state index in [1.807, 2.05) is 66.7 Å². The van der Waals surface area contributed by atoms with Crippen LogP contribution in [0.4, 0.5) is 0 Å². The zero-order chi connectivity index (χ0) is 22.3. The van der Waals surface area contributed by atoms with Gasteiger partial charge in [0.1, 0.15) is 0 Å². The van der Waals surface area contributed by atoms with E-state index >= 15 is 0 Å². The van der Waals surface area contributed by atoms with Gasteiger partial charge in [0.2, 0.25) is 0 Å². The molecule has 0 radical (unpaired) electrons. The van der Waals surface area contributed by atoms with Gasteiger partial charge in [0.25, 0.3) is 5.91 Å². The molecular weight excluding hydrogens is 445 g/mol. The van der Waals surface area contributed by atoms with Gasteiger partial charge in [-0.25, -0.2) is 0 Å². The fraction of sp³-hybridized carbons (Fsp3) is 0.192. The molecule has 1 N–H and O–H groups in total. The predicted octanol–water partition coefficient (Wildman–Crippen LogP) is 5.56. The molecule has 0 spiro atoms. The molecule has 3 atom stereocenters. The normalized spacial score (nSPS) is 24.2. The summed E-state index contributed by atoms with van der Waals surface area (Å²) >= 11 is 12.3. The van der Waals surface area contributed by atoms with E-state index in [4.69, 9.17) is 27.9 Å². The van der Waals surface area contributed by atoms with Crippen LogP contribution in [0.25, 0.3) is 0 Å². The highest BCUT2D eigenvalue weighted by molar-refractivity contribution is 6.30. The van der Waals surface area contributed by atoms with Gasteiger partial charge < -0.3 is 9.84 Å². The molecule has 3 aromatic carbocycles. The smallest absolute Gasteiger partial charge is 0.257 e. The molecule has 4 nitrogen and oxygen atoms in total. The third-order valence-corrected chi connectivity index (χ3v) is 6.48. The van der Waals surface area contributed by atoms with Gasteiger partial charge in [-0.2, -0.15) is 0 Å². The summed E-state index contributed by atoms with van der Waals surface area (Å²) < 4.78 is 6.75. The maximum absolute atomic E-state index is 13.7. The van der Waals surface area contributed by atoms with Gasteiger partial charge >= 0.3 is 0 Å². The Hall–Kier alpha value is -2.63. The van der Waals surface area contributed by atoms with Crippen LogP contribution in [0.1, 0.15) is 33.5 Å². The molecule has 0 fully saturated rings. The van der Waals surface area contributed by atoms with Crippen LogP contribution in [0.3, 0.4) is 0 Å². The summed E-state index contributed by atoms with van der Waals surface area (Å²) in [5.41, 5.74) is 1.93. The molecule has 162 valence electrons. The number of aliphatic hydroxyl groups is 1. The van der Waals surface area contributed by atoms with Crippen molar-refractivity contribution in [1.82, 2.24) is 4.90 Å². The van der Waals surface area contributed by atoms with Gasteiger partial charge in [-0.15, -0.1) is 0 Å². The lowest BCUT2D eigenvalue weighted by Gasteiger charge is -2.41. The fourth-order valence-electron chi connectivity index (χ4n) is 4.49. The van der Waals surface area contributed by atoms with Crippen molar-refractivity contribution >= 4 is 29.1 Å². The van der Waals surface area contributed by atoms with E-state index in [1.165, 1.54) is 0 Å². The summed E-state index contributed by atoms with van der Waals surface area (Å²) in [5.74, 6) is -0.118. The summed E-state index contributed by atoms with van der Waals surface area (Å²) in [6, 6.07) is 22.3. The van der Waals surface area contributed by atoms with Crippen LogP contribution in [0.5, 0.6) is 0 Å². The number of amides is 1. The third-order valence-electron chi connectivity index (χ3n) is 5.98. The van der Waals surface area contributed by atoms with E-state index < -0.39 is 11.8 Å². The van der Waals surface area contributed by atoms with Gasteiger partial charge in [0.15, 0.2) is 5.72 Å². The lowest BCUT2D eigenvalue weighted by atomic mass is 9.92. The standard InChI is InChI=1S/C26H21Cl2NO3/c27-19-9-5-17(6-10-19)16-29-25(31)23-3-1-2-4-24(23)26(29,18-7-11-20(28)12-8-18)32-22-14-13-21(30)15-22/h1-14,21-22,30H,15-16H2/t21-,22?,26?/m1/s1. The molecule has 0 saturated heterocycles. The lowest BCUT2D eigenvalue weighted by molar-refractivity contribution is -0.137. The second kappa shape index (κ2) is 8.38. The second-order valence-corrected chi connectivity index (χ2v) is 8.93. The molecule has 1 heterocycles. The quantitative estimate of drug-likeness (QED) is 0.502. The molecule has 6 heteroatoms. The molecule has 0 saturated carbocycles. The number of hydrogen-bond acceptors (Lipinski definition) is 3. The first-order valence-electron chi connectivity index (χ1n) is 10.4. The Morgan fingerprint density at radius 3 is 2.25 bits per heavy atom. The molecule has 2 unspecified atom stereocenters. The number of carbonyl (C=O) groups excluding carboxylic acids is 1. The minimum Gasteiger partial charge on any atom is -0.389 e. The Kier molecular flexibility index (Phi) is 5.56. The lowest BCUT2D eigenvalue weighted by Crippen LogP contribution is -2.48. The van der Waals surface area contributed by atoms with Crippen molar-refractivity contribution in [2.75, 3.05) is 0 Å². The monoisotopic (exact) mass is 465 g/mol. The van der Waals surface area contributed by atoms with E-state index in [0.29, 0.717) is 28.6 Å². The summed E-state index contributed by atoms with van der Waals surface area (Å²) in [4.78, 5) is 15.4. The summed E-state index contributed by atoms with van der Waals surface area (Å²) in [5, 5.41) is 11.3. The number of hydrogen-bond donors (Lipinski definition) is 1. The summed E-state index contributed by atoms with van der Waals surface area (Å²) in [6.07, 6.45) is 3.09. The Bertz CT molecular complexity index is 1180. The van der Waals surface area contributed by atoms with Gasteiger partial charge in [-0.05, 0) is 35.9 Å². The van der Waals surface area contributed by atoms with Gasteiger partial charge in [0, 0.05) is 39.7 Å². The van der Waals surface area contributed by atoms with E-state index in [0.717, 1.165) is 16.7 Å². The summed E-state index contributed by atoms with van der Waals surface area (Å²) in [7, 11) is 0. The molecule has 0 bridgehead atoms. The van der Waals surface area contributed by atoms with Crippen molar-refractivity contribution in [3.8, 4) is 0 Å². The first kappa shape index (κ1) is 21.2. The molecule has 2 aliphatic rings. The highest BCUT2D eigenvalue weighted by atomic mass is 35.5. The largest absolute Gasteiger partial charge is 0.389 e. The minimum absolute atomic E-state index is 0.118. The van der Waals surface area contributed by atoms with E-state index in [1.54, 1.807) is 23.1 Å². The maximum atomic E-state index is 13.7. The van der Waals surface area contributed by atoms with Crippen molar-refractivity contribution in [2.45, 2.75) is 30.9 Å². The predicted molar refractivity (Wildman–Crippen MR) is 125 cm³/mol. The molecule has 3 aromatic rings. The molecule has 5 rings (SSSR count). The molecule has 0 aromatic heterocycles. The van der Waals surface area contributed by atoms with Crippen LogP contribution < -0.4 is 0 Å². The van der Waals surface area contributed by atoms with Gasteiger partial charge in [-0.3, -0.25) is 9.69 Å². The van der Waals surface area contributed by atoms with Crippen molar-refractivity contribution in [2.24, 2.45) is 0 Å². The Labute approximate surface area is 196 Å². The molecule has 1 amide bonds. The van der Waals surface area contributed by atoms with Crippen molar-refractivity contribution in [1.29, 1.82) is 0 Å². The Morgan fingerprint density at radius 2 is 1.59 bits per heavy atom. The molecule has 1 aliphatic heterocycles. The van der Waals surface area contributed by atoms with Gasteiger partial charge in [0.05, 0.1) is 12.2 Å². The number of aliphatic hydroxyl groups excluding tert-OH is 1. The Morgan fingerprint density at radius 1 is 0.938 bits per heavy atom. The third kappa shape index (κ3) is 3.63. The zero-order valence-electron chi connectivity index (χ0n) is 17.1. The highest BCUT2D eigenvalue weighted by Crippen LogP contribution is 2.47. The van der Waals surface area contributed by atoms with E-state index in [-0.39, 0.29) is 12.0 Å². The topological polar surface area (TPSA) is 49.8 Å². The first-order chi connectivity index (χ1) is 15.5. The number of halogens is 2. The number of rotatable bonds is 5. The average molecular weight is 466 g/mol. The molecule has 1 aliphatic carbocycles. The van der Waals surface area contributed by atoms with Crippen molar-refractivity contribution in [3.05, 3.63) is 117 Å². The van der Waals surface area contributed by atoms with Crippen LogP contribution >= 0.6 is 23.2 Å². The van der Waals surface area contributed by atoms with Crippen molar-refractivity contribution in [3.63, 3.8) is 0 Å². The number of fused-ring (bicyclic) bond motifs is 1. The van der Waals surface area contributed by atoms with Gasteiger partial charge in [-0.1, -0.05) is 77.8 Å². The first-order valence-corrected chi connectivity index (χ1v) is 11.2. The van der Waals surface area contributed by atoms with E-state index in [2.05, 4.69) is 0 Å². The number of carbonyl (C=O) groups is 1. The molecular formula is C26H21Cl2NO3. The van der Waals surface area contributed by atoms with Crippen LogP contribution in [0.2, 0.25) is 10.0 Å². The summed E-state index contributed by atoms with van der Waals surface area (Å²) in [6.45, 7) is 0.326. The fourth-order valence-corrected chi connectivity index (χ4v) is 4.74. The van der Waals surface area contributed by atoms with Crippen LogP contribution in [-0.2, 0) is 17.0 Å². The van der Waals surface area contributed by atoms with E-state index in [9.17, 15) is 9.90 Å². The highest BCUT2D eigenvalue weighted by Gasteiger charge is 2.53. The maximum Gasteiger partial charge on any atom is 0.257 e. The SMILES string of the molecule is O=C1c2ccccc2C(OC2C=C[C@@H](O)C2)(c2ccc(Cl)cc2)N1Cc1ccc(Cl)cc1. The zero-order valence-corrected chi connectivity index (χ0v) is 18.6. The van der Waals surface area contributed by atoms with Crippen molar-refractivity contribution < 1.29 is 14.6 Å². The van der Waals surface area contributed by atoms with Crippen LogP contribution in [-0.4, -0.2) is 28.1 Å². The number of ether oxygens (including phenoxy) is 1. The minimum atomic E-state index is -1.17. The number of nitrogens with zero attached hydrogens (tertiary/aromatic N) is 1. The average Bonchev–Trinajstić information content (AvgIpc) is 3.31. The van der Waals surface area contributed by atoms with Crippen LogP contribution in [0, 0.1) is 0 Å². The van der Waals surface area contributed by atoms with Crippen LogP contribution in [0.15, 0.2) is 84.9 Å². The molecule has 32 heavy (non-hydrogen) atoms. The number of benzene rings is 3. The Balaban J connectivity index is 1.68. The second-order valence-electron chi connectivity index (χ2n) is 8.06.